The molecule has 0 radical (unpaired) electrons. The molecule has 0 amide bonds. The van der Waals surface area contributed by atoms with Gasteiger partial charge in [-0.2, -0.15) is 0 Å². The van der Waals surface area contributed by atoms with E-state index < -0.39 is 4.92 Å². The molecule has 0 fully saturated rings. The van der Waals surface area contributed by atoms with Gasteiger partial charge < -0.3 is 5.32 Å². The van der Waals surface area contributed by atoms with Crippen LogP contribution in [0.3, 0.4) is 0 Å². The first kappa shape index (κ1) is 12.7. The topological polar surface area (TPSA) is 81.0 Å². The Hall–Kier alpha value is -1.73. The molecule has 6 nitrogen and oxygen atoms in total. The number of thiophene rings is 1. The lowest BCUT2D eigenvalue weighted by Gasteiger charge is -2.06. The summed E-state index contributed by atoms with van der Waals surface area (Å²) in [4.78, 5) is 19.1. The van der Waals surface area contributed by atoms with Gasteiger partial charge in [0.05, 0.1) is 14.8 Å². The van der Waals surface area contributed by atoms with Crippen LogP contribution >= 0.6 is 22.9 Å². The van der Waals surface area contributed by atoms with E-state index in [-0.39, 0.29) is 17.2 Å². The van der Waals surface area contributed by atoms with Crippen LogP contribution < -0.4 is 5.32 Å². The van der Waals surface area contributed by atoms with Crippen molar-refractivity contribution >= 4 is 34.4 Å². The summed E-state index contributed by atoms with van der Waals surface area (Å²) in [6.07, 6.45) is 1.29. The average Bonchev–Trinajstić information content (AvgIpc) is 2.75. The van der Waals surface area contributed by atoms with Crippen molar-refractivity contribution in [1.82, 2.24) is 9.97 Å². The van der Waals surface area contributed by atoms with Crippen LogP contribution in [-0.4, -0.2) is 21.4 Å². The molecule has 0 spiro atoms. The maximum atomic E-state index is 11.2. The smallest absolute Gasteiger partial charge is 0.338 e. The third-order valence-electron chi connectivity index (χ3n) is 2.18. The first-order valence-electron chi connectivity index (χ1n) is 5.11. The van der Waals surface area contributed by atoms with E-state index in [4.69, 9.17) is 11.6 Å². The Morgan fingerprint density at radius 2 is 2.33 bits per heavy atom. The van der Waals surface area contributed by atoms with Gasteiger partial charge in [-0.3, -0.25) is 10.1 Å². The number of aromatic nitrogens is 2. The molecular weight excluding hydrogens is 276 g/mol. The van der Waals surface area contributed by atoms with Gasteiger partial charge in [0.2, 0.25) is 5.82 Å². The highest BCUT2D eigenvalue weighted by Crippen LogP contribution is 2.39. The van der Waals surface area contributed by atoms with Crippen LogP contribution in [0.15, 0.2) is 17.8 Å². The Balaban J connectivity index is 2.64. The van der Waals surface area contributed by atoms with Gasteiger partial charge in [0.25, 0.3) is 0 Å². The van der Waals surface area contributed by atoms with Crippen molar-refractivity contribution < 1.29 is 4.92 Å². The molecule has 0 aliphatic heterocycles. The summed E-state index contributed by atoms with van der Waals surface area (Å²) in [5, 5.41) is 16.2. The van der Waals surface area contributed by atoms with E-state index in [0.717, 1.165) is 0 Å². The normalized spacial score (nSPS) is 10.3. The Bertz CT molecular complexity index is 587. The molecule has 0 bridgehead atoms. The van der Waals surface area contributed by atoms with Crippen molar-refractivity contribution in [2.75, 3.05) is 11.9 Å². The average molecular weight is 285 g/mol. The fourth-order valence-corrected chi connectivity index (χ4v) is 2.62. The fourth-order valence-electron chi connectivity index (χ4n) is 1.48. The molecule has 0 aromatic carbocycles. The van der Waals surface area contributed by atoms with Crippen molar-refractivity contribution in [3.8, 4) is 10.6 Å². The van der Waals surface area contributed by atoms with E-state index in [1.165, 1.54) is 17.7 Å². The van der Waals surface area contributed by atoms with Gasteiger partial charge in [-0.15, -0.1) is 11.3 Å². The summed E-state index contributed by atoms with van der Waals surface area (Å²) in [7, 11) is 0. The van der Waals surface area contributed by atoms with Crippen molar-refractivity contribution in [2.24, 2.45) is 0 Å². The second kappa shape index (κ2) is 5.28. The van der Waals surface area contributed by atoms with Crippen LogP contribution in [-0.2, 0) is 0 Å². The van der Waals surface area contributed by atoms with Crippen molar-refractivity contribution in [3.05, 3.63) is 32.9 Å². The van der Waals surface area contributed by atoms with E-state index in [0.29, 0.717) is 16.4 Å². The zero-order chi connectivity index (χ0) is 13.1. The van der Waals surface area contributed by atoms with Gasteiger partial charge in [0, 0.05) is 6.54 Å². The second-order valence-electron chi connectivity index (χ2n) is 3.30. The van der Waals surface area contributed by atoms with Crippen molar-refractivity contribution in [1.29, 1.82) is 0 Å². The number of hydrogen-bond acceptors (Lipinski definition) is 6. The van der Waals surface area contributed by atoms with E-state index in [1.54, 1.807) is 11.4 Å². The molecule has 0 saturated carbocycles. The van der Waals surface area contributed by atoms with Gasteiger partial charge in [-0.05, 0) is 18.4 Å². The lowest BCUT2D eigenvalue weighted by Crippen LogP contribution is -2.05. The molecule has 2 aromatic rings. The largest absolute Gasteiger partial charge is 0.364 e. The Kier molecular flexibility index (Phi) is 3.73. The molecule has 1 N–H and O–H groups in total. The highest BCUT2D eigenvalue weighted by Gasteiger charge is 2.25. The first-order chi connectivity index (χ1) is 8.65. The minimum absolute atomic E-state index is 0.149. The van der Waals surface area contributed by atoms with Gasteiger partial charge in [0.1, 0.15) is 6.33 Å². The molecular formula is C10H9ClN4O2S. The highest BCUT2D eigenvalue weighted by atomic mass is 35.5. The number of hydrogen-bond donors (Lipinski definition) is 1. The molecule has 0 saturated heterocycles. The van der Waals surface area contributed by atoms with Gasteiger partial charge >= 0.3 is 5.69 Å². The molecule has 2 rings (SSSR count). The lowest BCUT2D eigenvalue weighted by molar-refractivity contribution is -0.383. The van der Waals surface area contributed by atoms with Crippen LogP contribution in [0.1, 0.15) is 6.92 Å². The monoisotopic (exact) mass is 284 g/mol. The Morgan fingerprint density at radius 1 is 1.56 bits per heavy atom. The number of nitro groups is 1. The van der Waals surface area contributed by atoms with Crippen molar-refractivity contribution in [2.45, 2.75) is 6.92 Å². The van der Waals surface area contributed by atoms with Crippen LogP contribution in [0, 0.1) is 10.1 Å². The summed E-state index contributed by atoms with van der Waals surface area (Å²) in [6, 6.07) is 1.68. The molecule has 8 heteroatoms. The number of nitrogens with zero attached hydrogens (tertiary/aromatic N) is 3. The van der Waals surface area contributed by atoms with E-state index >= 15 is 0 Å². The summed E-state index contributed by atoms with van der Waals surface area (Å²) in [6.45, 7) is 2.37. The van der Waals surface area contributed by atoms with Gasteiger partial charge in [-0.25, -0.2) is 9.97 Å². The van der Waals surface area contributed by atoms with E-state index in [1.807, 2.05) is 6.92 Å². The molecule has 0 unspecified atom stereocenters. The zero-order valence-electron chi connectivity index (χ0n) is 9.38. The molecule has 18 heavy (non-hydrogen) atoms. The summed E-state index contributed by atoms with van der Waals surface area (Å²) in [5.41, 5.74) is 0.0923. The van der Waals surface area contributed by atoms with Crippen LogP contribution in [0.25, 0.3) is 10.6 Å². The van der Waals surface area contributed by atoms with Crippen molar-refractivity contribution in [3.63, 3.8) is 0 Å². The molecule has 0 atom stereocenters. The number of halogens is 1. The van der Waals surface area contributed by atoms with Crippen LogP contribution in [0.4, 0.5) is 11.5 Å². The quantitative estimate of drug-likeness (QED) is 0.689. The summed E-state index contributed by atoms with van der Waals surface area (Å²) < 4.78 is 0. The predicted octanol–water partition coefficient (Wildman–Crippen LogP) is 3.20. The maximum Gasteiger partial charge on any atom is 0.338 e. The van der Waals surface area contributed by atoms with E-state index in [2.05, 4.69) is 15.3 Å². The van der Waals surface area contributed by atoms with Crippen LogP contribution in [0.2, 0.25) is 5.02 Å². The Morgan fingerprint density at radius 3 is 2.89 bits per heavy atom. The standard InChI is InChI=1S/C10H9ClN4O2S/c1-2-12-10-8(15(16)17)7(13-5-14-10)9-6(11)3-4-18-9/h3-5H,2H2,1H3,(H,12,13,14). The molecule has 2 heterocycles. The predicted molar refractivity (Wildman–Crippen MR) is 71.2 cm³/mol. The third kappa shape index (κ3) is 2.27. The maximum absolute atomic E-state index is 11.2. The Labute approximate surface area is 112 Å². The minimum Gasteiger partial charge on any atom is -0.364 e. The van der Waals surface area contributed by atoms with Gasteiger partial charge in [-0.1, -0.05) is 11.6 Å². The first-order valence-corrected chi connectivity index (χ1v) is 6.37. The zero-order valence-corrected chi connectivity index (χ0v) is 11.0. The lowest BCUT2D eigenvalue weighted by atomic mass is 10.2. The molecule has 0 aliphatic rings. The molecule has 94 valence electrons. The minimum atomic E-state index is -0.497. The molecule has 2 aromatic heterocycles. The van der Waals surface area contributed by atoms with Gasteiger partial charge in [0.15, 0.2) is 5.69 Å². The van der Waals surface area contributed by atoms with E-state index in [9.17, 15) is 10.1 Å². The SMILES string of the molecule is CCNc1ncnc(-c2sccc2Cl)c1[N+](=O)[O-]. The number of nitrogens with one attached hydrogen (secondary N) is 1. The summed E-state index contributed by atoms with van der Waals surface area (Å²) >= 11 is 7.29. The second-order valence-corrected chi connectivity index (χ2v) is 4.63. The highest BCUT2D eigenvalue weighted by molar-refractivity contribution is 7.14. The number of rotatable bonds is 4. The fraction of sp³-hybridized carbons (Fsp3) is 0.200. The third-order valence-corrected chi connectivity index (χ3v) is 3.53. The number of anilines is 1. The molecule has 0 aliphatic carbocycles. The van der Waals surface area contributed by atoms with Crippen LogP contribution in [0.5, 0.6) is 0 Å². The summed E-state index contributed by atoms with van der Waals surface area (Å²) in [5.74, 6) is 0.206.